The largest absolute Gasteiger partial charge is 0.386 e. The maximum atomic E-state index is 9.36. The van der Waals surface area contributed by atoms with Crippen LogP contribution in [0.1, 0.15) is 11.7 Å². The average molecular weight is 153 g/mol. The molecule has 1 aromatic rings. The predicted molar refractivity (Wildman–Crippen MR) is 41.1 cm³/mol. The van der Waals surface area contributed by atoms with Crippen LogP contribution in [0.3, 0.4) is 0 Å². The molecule has 1 N–H and O–H groups in total. The molecule has 0 spiro atoms. The van der Waals surface area contributed by atoms with Crippen molar-refractivity contribution in [2.24, 2.45) is 0 Å². The number of rotatable bonds is 3. The van der Waals surface area contributed by atoms with Gasteiger partial charge in [0.05, 0.1) is 6.61 Å². The molecule has 60 valence electrons. The molecule has 0 aliphatic carbocycles. The second-order valence-corrected chi connectivity index (χ2v) is 2.26. The minimum absolute atomic E-state index is 0.311. The molecule has 0 aliphatic rings. The van der Waals surface area contributed by atoms with Crippen molar-refractivity contribution in [3.05, 3.63) is 30.1 Å². The molecule has 0 fully saturated rings. The smallest absolute Gasteiger partial charge is 0.104 e. The van der Waals surface area contributed by atoms with E-state index in [1.165, 1.54) is 0 Å². The first kappa shape index (κ1) is 8.17. The molecule has 1 unspecified atom stereocenters. The second kappa shape index (κ2) is 4.05. The van der Waals surface area contributed by atoms with Crippen molar-refractivity contribution in [2.75, 3.05) is 13.7 Å². The van der Waals surface area contributed by atoms with Crippen LogP contribution in [-0.4, -0.2) is 23.8 Å². The van der Waals surface area contributed by atoms with Gasteiger partial charge in [0.15, 0.2) is 0 Å². The Bertz CT molecular complexity index is 201. The van der Waals surface area contributed by atoms with Gasteiger partial charge < -0.3 is 9.84 Å². The lowest BCUT2D eigenvalue weighted by Crippen LogP contribution is -2.04. The minimum Gasteiger partial charge on any atom is -0.386 e. The number of hydrogen-bond acceptors (Lipinski definition) is 3. The summed E-state index contributed by atoms with van der Waals surface area (Å²) in [5.74, 6) is 0. The molecular weight excluding hydrogens is 142 g/mol. The fourth-order valence-electron chi connectivity index (χ4n) is 0.827. The van der Waals surface area contributed by atoms with Crippen molar-refractivity contribution in [1.82, 2.24) is 4.98 Å². The van der Waals surface area contributed by atoms with Crippen molar-refractivity contribution in [3.8, 4) is 0 Å². The Hall–Kier alpha value is -0.930. The van der Waals surface area contributed by atoms with Crippen LogP contribution >= 0.6 is 0 Å². The van der Waals surface area contributed by atoms with Crippen molar-refractivity contribution in [3.63, 3.8) is 0 Å². The van der Waals surface area contributed by atoms with Crippen molar-refractivity contribution >= 4 is 0 Å². The van der Waals surface area contributed by atoms with Crippen LogP contribution in [0, 0.1) is 0 Å². The van der Waals surface area contributed by atoms with Crippen LogP contribution in [0.5, 0.6) is 0 Å². The predicted octanol–water partition coefficient (Wildman–Crippen LogP) is 0.761. The number of pyridine rings is 1. The molecule has 0 saturated heterocycles. The Morgan fingerprint density at radius 1 is 1.73 bits per heavy atom. The Balaban J connectivity index is 2.61. The molecule has 0 amide bonds. The van der Waals surface area contributed by atoms with E-state index in [1.807, 2.05) is 6.07 Å². The summed E-state index contributed by atoms with van der Waals surface area (Å²) in [6.45, 7) is 0.311. The number of aromatic nitrogens is 1. The summed E-state index contributed by atoms with van der Waals surface area (Å²) in [5, 5.41) is 9.36. The van der Waals surface area contributed by atoms with Gasteiger partial charge in [0.25, 0.3) is 0 Å². The van der Waals surface area contributed by atoms with Gasteiger partial charge >= 0.3 is 0 Å². The normalized spacial score (nSPS) is 12.9. The summed E-state index contributed by atoms with van der Waals surface area (Å²) < 4.78 is 4.78. The third kappa shape index (κ3) is 2.29. The fourth-order valence-corrected chi connectivity index (χ4v) is 0.827. The van der Waals surface area contributed by atoms with Crippen LogP contribution in [0.15, 0.2) is 24.5 Å². The van der Waals surface area contributed by atoms with E-state index in [0.717, 1.165) is 5.56 Å². The zero-order valence-electron chi connectivity index (χ0n) is 6.40. The first-order valence-corrected chi connectivity index (χ1v) is 3.41. The van der Waals surface area contributed by atoms with Gasteiger partial charge in [0.2, 0.25) is 0 Å². The van der Waals surface area contributed by atoms with E-state index in [2.05, 4.69) is 4.98 Å². The maximum Gasteiger partial charge on any atom is 0.104 e. The summed E-state index contributed by atoms with van der Waals surface area (Å²) >= 11 is 0. The number of nitrogens with zero attached hydrogens (tertiary/aromatic N) is 1. The molecule has 1 aromatic heterocycles. The van der Waals surface area contributed by atoms with Gasteiger partial charge in [-0.15, -0.1) is 0 Å². The molecule has 0 aromatic carbocycles. The van der Waals surface area contributed by atoms with Gasteiger partial charge in [0.1, 0.15) is 6.10 Å². The van der Waals surface area contributed by atoms with Gasteiger partial charge in [-0.25, -0.2) is 0 Å². The second-order valence-electron chi connectivity index (χ2n) is 2.26. The standard InChI is InChI=1S/C8H11NO2/c1-11-6-8(10)7-3-2-4-9-5-7/h2-5,8,10H,6H2,1H3. The zero-order chi connectivity index (χ0) is 8.10. The summed E-state index contributed by atoms with van der Waals surface area (Å²) in [7, 11) is 1.56. The van der Waals surface area contributed by atoms with Crippen LogP contribution in [0.25, 0.3) is 0 Å². The molecule has 0 radical (unpaired) electrons. The number of methoxy groups -OCH3 is 1. The summed E-state index contributed by atoms with van der Waals surface area (Å²) in [6, 6.07) is 3.60. The molecule has 3 nitrogen and oxygen atoms in total. The Morgan fingerprint density at radius 3 is 3.09 bits per heavy atom. The third-order valence-corrected chi connectivity index (χ3v) is 1.39. The summed E-state index contributed by atoms with van der Waals surface area (Å²) in [4.78, 5) is 3.87. The highest BCUT2D eigenvalue weighted by molar-refractivity contribution is 5.11. The molecule has 11 heavy (non-hydrogen) atoms. The van der Waals surface area contributed by atoms with E-state index in [9.17, 15) is 5.11 Å². The lowest BCUT2D eigenvalue weighted by molar-refractivity contribution is 0.0642. The monoisotopic (exact) mass is 153 g/mol. The molecular formula is C8H11NO2. The topological polar surface area (TPSA) is 42.4 Å². The molecule has 0 aliphatic heterocycles. The van der Waals surface area contributed by atoms with Crippen LogP contribution < -0.4 is 0 Å². The third-order valence-electron chi connectivity index (χ3n) is 1.39. The zero-order valence-corrected chi connectivity index (χ0v) is 6.40. The molecule has 3 heteroatoms. The molecule has 1 atom stereocenters. The summed E-state index contributed by atoms with van der Waals surface area (Å²) in [5.41, 5.74) is 0.786. The van der Waals surface area contributed by atoms with Gasteiger partial charge in [-0.1, -0.05) is 6.07 Å². The van der Waals surface area contributed by atoms with Crippen LogP contribution in [-0.2, 0) is 4.74 Å². The Labute approximate surface area is 65.7 Å². The van der Waals surface area contributed by atoms with Gasteiger partial charge in [-0.2, -0.15) is 0 Å². The molecule has 0 saturated carbocycles. The van der Waals surface area contributed by atoms with E-state index >= 15 is 0 Å². The highest BCUT2D eigenvalue weighted by Crippen LogP contribution is 2.09. The van der Waals surface area contributed by atoms with Crippen molar-refractivity contribution < 1.29 is 9.84 Å². The fraction of sp³-hybridized carbons (Fsp3) is 0.375. The highest BCUT2D eigenvalue weighted by atomic mass is 16.5. The van der Waals surface area contributed by atoms with E-state index in [0.29, 0.717) is 6.61 Å². The molecule has 1 heterocycles. The van der Waals surface area contributed by atoms with Crippen molar-refractivity contribution in [2.45, 2.75) is 6.10 Å². The average Bonchev–Trinajstić information content (AvgIpc) is 2.07. The van der Waals surface area contributed by atoms with Crippen LogP contribution in [0.2, 0.25) is 0 Å². The number of aliphatic hydroxyl groups is 1. The maximum absolute atomic E-state index is 9.36. The number of aliphatic hydroxyl groups excluding tert-OH is 1. The van der Waals surface area contributed by atoms with E-state index in [1.54, 1.807) is 25.6 Å². The Morgan fingerprint density at radius 2 is 2.55 bits per heavy atom. The van der Waals surface area contributed by atoms with Gasteiger partial charge in [-0.3, -0.25) is 4.98 Å². The van der Waals surface area contributed by atoms with E-state index in [-0.39, 0.29) is 0 Å². The lowest BCUT2D eigenvalue weighted by atomic mass is 10.2. The Kier molecular flexibility index (Phi) is 3.01. The first-order valence-electron chi connectivity index (χ1n) is 3.41. The van der Waals surface area contributed by atoms with Crippen LogP contribution in [0.4, 0.5) is 0 Å². The SMILES string of the molecule is COCC(O)c1cccnc1. The number of ether oxygens (including phenoxy) is 1. The van der Waals surface area contributed by atoms with Crippen molar-refractivity contribution in [1.29, 1.82) is 0 Å². The van der Waals surface area contributed by atoms with Gasteiger partial charge in [-0.05, 0) is 6.07 Å². The quantitative estimate of drug-likeness (QED) is 0.697. The van der Waals surface area contributed by atoms with Gasteiger partial charge in [0, 0.05) is 25.1 Å². The first-order chi connectivity index (χ1) is 5.34. The minimum atomic E-state index is -0.561. The highest BCUT2D eigenvalue weighted by Gasteiger charge is 2.04. The lowest BCUT2D eigenvalue weighted by Gasteiger charge is -2.07. The number of hydrogen-bond donors (Lipinski definition) is 1. The molecule has 1 rings (SSSR count). The molecule has 0 bridgehead atoms. The van der Waals surface area contributed by atoms with E-state index < -0.39 is 6.10 Å². The summed E-state index contributed by atoms with van der Waals surface area (Å²) in [6.07, 6.45) is 2.74. The van der Waals surface area contributed by atoms with E-state index in [4.69, 9.17) is 4.74 Å².